The van der Waals surface area contributed by atoms with Crippen molar-refractivity contribution in [2.24, 2.45) is 11.3 Å². The van der Waals surface area contributed by atoms with E-state index in [4.69, 9.17) is 23.2 Å². The van der Waals surface area contributed by atoms with Crippen molar-refractivity contribution in [3.05, 3.63) is 69.1 Å². The summed E-state index contributed by atoms with van der Waals surface area (Å²) < 4.78 is 0. The molecule has 8 nitrogen and oxygen atoms in total. The van der Waals surface area contributed by atoms with Gasteiger partial charge in [0.05, 0.1) is 21.0 Å². The Hall–Kier alpha value is -2.94. The van der Waals surface area contributed by atoms with Crippen molar-refractivity contribution < 1.29 is 19.5 Å². The highest BCUT2D eigenvalue weighted by Crippen LogP contribution is 2.54. The number of halogens is 2. The number of ketones is 1. The number of hydrogen-bond donors (Lipinski definition) is 3. The van der Waals surface area contributed by atoms with Gasteiger partial charge in [-0.05, 0) is 57.0 Å². The van der Waals surface area contributed by atoms with E-state index in [1.165, 1.54) is 12.4 Å². The average molecular weight is 586 g/mol. The van der Waals surface area contributed by atoms with Crippen LogP contribution in [0, 0.1) is 11.3 Å². The molecular weight excluding hydrogens is 551 g/mol. The Bertz CT molecular complexity index is 1320. The first-order valence-electron chi connectivity index (χ1n) is 13.9. The van der Waals surface area contributed by atoms with Crippen LogP contribution in [0.5, 0.6) is 0 Å². The van der Waals surface area contributed by atoms with Gasteiger partial charge in [-0.3, -0.25) is 14.6 Å². The van der Waals surface area contributed by atoms with E-state index in [-0.39, 0.29) is 33.7 Å². The van der Waals surface area contributed by atoms with Gasteiger partial charge in [0.1, 0.15) is 6.04 Å². The molecule has 0 radical (unpaired) electrons. The summed E-state index contributed by atoms with van der Waals surface area (Å²) in [5, 5.41) is 16.6. The Kier molecular flexibility index (Phi) is 8.50. The Morgan fingerprint density at radius 2 is 1.77 bits per heavy atom. The van der Waals surface area contributed by atoms with E-state index < -0.39 is 23.3 Å². The highest BCUT2D eigenvalue weighted by atomic mass is 35.5. The van der Waals surface area contributed by atoms with Gasteiger partial charge < -0.3 is 20.6 Å². The number of Topliss-reactive ketones (excluding diaryl/α,β-unsaturated/α-hetero) is 1. The number of nitrogens with zero attached hydrogens (tertiary/aromatic N) is 2. The molecule has 40 heavy (non-hydrogen) atoms. The molecule has 1 amide bonds. The van der Waals surface area contributed by atoms with Gasteiger partial charge in [-0.25, -0.2) is 4.79 Å². The SMILES string of the molecule is CN1CCCC(C2=C(N[C@@H](Cc3ccc(NC(=O)c4c(Cl)cncc4Cl)cc3)C(=O)O)C3(CCCCC3)C2=O)C1. The van der Waals surface area contributed by atoms with Crippen molar-refractivity contribution >= 4 is 46.5 Å². The molecule has 1 saturated carbocycles. The standard InChI is InChI=1S/C30H34Cl2N4O4/c1-36-13-5-6-19(17-36)24-26(30(27(24)37)11-3-2-4-12-30)35-23(29(39)40)14-18-7-9-20(10-8-18)34-28(38)25-21(31)15-33-16-22(25)32/h7-10,15-16,19,23,35H,2-6,11-14,17H2,1H3,(H,34,38)(H,39,40)/t19?,23-/m0/s1. The molecule has 1 aliphatic heterocycles. The van der Waals surface area contributed by atoms with Crippen LogP contribution in [0.2, 0.25) is 10.0 Å². The van der Waals surface area contributed by atoms with E-state index in [2.05, 4.69) is 27.6 Å². The Morgan fingerprint density at radius 3 is 2.40 bits per heavy atom. The summed E-state index contributed by atoms with van der Waals surface area (Å²) in [6.07, 6.45) is 9.56. The number of rotatable bonds is 8. The third kappa shape index (κ3) is 5.62. The zero-order valence-corrected chi connectivity index (χ0v) is 24.0. The lowest BCUT2D eigenvalue weighted by molar-refractivity contribution is -0.140. The summed E-state index contributed by atoms with van der Waals surface area (Å²) >= 11 is 12.2. The molecule has 1 unspecified atom stereocenters. The number of aromatic nitrogens is 1. The molecule has 3 aliphatic rings. The van der Waals surface area contributed by atoms with Crippen LogP contribution in [-0.4, -0.2) is 58.8 Å². The minimum Gasteiger partial charge on any atom is -0.480 e. The van der Waals surface area contributed by atoms with Crippen LogP contribution in [-0.2, 0) is 16.0 Å². The highest BCUT2D eigenvalue weighted by Gasteiger charge is 2.56. The largest absolute Gasteiger partial charge is 0.480 e. The predicted octanol–water partition coefficient (Wildman–Crippen LogP) is 5.36. The van der Waals surface area contributed by atoms with E-state index >= 15 is 0 Å². The fourth-order valence-corrected chi connectivity index (χ4v) is 7.01. The number of carbonyl (C=O) groups is 3. The van der Waals surface area contributed by atoms with Gasteiger partial charge in [-0.1, -0.05) is 54.6 Å². The first-order chi connectivity index (χ1) is 19.2. The number of aliphatic carboxylic acids is 1. The van der Waals surface area contributed by atoms with E-state index in [1.807, 2.05) is 0 Å². The Balaban J connectivity index is 1.33. The molecule has 1 saturated heterocycles. The summed E-state index contributed by atoms with van der Waals surface area (Å²) in [5.41, 5.74) is 2.60. The maximum Gasteiger partial charge on any atom is 0.326 e. The van der Waals surface area contributed by atoms with E-state index in [9.17, 15) is 19.5 Å². The molecule has 1 aromatic carbocycles. The second kappa shape index (κ2) is 11.9. The number of carboxylic acid groups (broad SMARTS) is 1. The highest BCUT2D eigenvalue weighted by molar-refractivity contribution is 6.40. The van der Waals surface area contributed by atoms with E-state index in [1.54, 1.807) is 24.3 Å². The smallest absolute Gasteiger partial charge is 0.326 e. The Labute approximate surface area is 244 Å². The fourth-order valence-electron chi connectivity index (χ4n) is 6.48. The molecular formula is C30H34Cl2N4O4. The van der Waals surface area contributed by atoms with Crippen molar-refractivity contribution in [3.63, 3.8) is 0 Å². The number of piperidine rings is 1. The van der Waals surface area contributed by atoms with Gasteiger partial charge >= 0.3 is 5.97 Å². The van der Waals surface area contributed by atoms with Gasteiger partial charge in [0.15, 0.2) is 5.78 Å². The normalized spacial score (nSPS) is 21.6. The van der Waals surface area contributed by atoms with Crippen LogP contribution in [0.3, 0.4) is 0 Å². The molecule has 0 bridgehead atoms. The molecule has 3 N–H and O–H groups in total. The first kappa shape index (κ1) is 28.6. The molecule has 2 atom stereocenters. The summed E-state index contributed by atoms with van der Waals surface area (Å²) in [4.78, 5) is 44.9. The third-order valence-corrected chi connectivity index (χ3v) is 9.09. The summed E-state index contributed by atoms with van der Waals surface area (Å²) in [5.74, 6) is -1.05. The van der Waals surface area contributed by atoms with Gasteiger partial charge in [-0.2, -0.15) is 0 Å². The molecule has 2 fully saturated rings. The maximum atomic E-state index is 13.6. The van der Waals surface area contributed by atoms with Gasteiger partial charge in [0, 0.05) is 48.2 Å². The minimum absolute atomic E-state index is 0.137. The van der Waals surface area contributed by atoms with Crippen molar-refractivity contribution in [2.45, 2.75) is 57.4 Å². The lowest BCUT2D eigenvalue weighted by Crippen LogP contribution is -2.56. The van der Waals surface area contributed by atoms with E-state index in [0.29, 0.717) is 5.69 Å². The molecule has 2 aromatic rings. The summed E-state index contributed by atoms with van der Waals surface area (Å²) in [6, 6.07) is 6.13. The molecule has 5 rings (SSSR count). The topological polar surface area (TPSA) is 112 Å². The second-order valence-electron chi connectivity index (χ2n) is 11.2. The van der Waals surface area contributed by atoms with Crippen LogP contribution in [0.1, 0.15) is 60.9 Å². The number of benzene rings is 1. The number of anilines is 1. The van der Waals surface area contributed by atoms with Crippen molar-refractivity contribution in [1.29, 1.82) is 0 Å². The minimum atomic E-state index is -0.961. The van der Waals surface area contributed by atoms with Crippen molar-refractivity contribution in [2.75, 3.05) is 25.5 Å². The molecule has 10 heteroatoms. The van der Waals surface area contributed by atoms with Gasteiger partial charge in [0.25, 0.3) is 5.91 Å². The van der Waals surface area contributed by atoms with Crippen LogP contribution in [0.4, 0.5) is 5.69 Å². The maximum absolute atomic E-state index is 13.6. The van der Waals surface area contributed by atoms with Crippen LogP contribution >= 0.6 is 23.2 Å². The van der Waals surface area contributed by atoms with Crippen molar-refractivity contribution in [1.82, 2.24) is 15.2 Å². The number of carboxylic acids is 1. The number of hydrogen-bond acceptors (Lipinski definition) is 6. The van der Waals surface area contributed by atoms with Crippen LogP contribution in [0.25, 0.3) is 0 Å². The molecule has 212 valence electrons. The molecule has 1 spiro atoms. The van der Waals surface area contributed by atoms with Gasteiger partial charge in [-0.15, -0.1) is 0 Å². The van der Waals surface area contributed by atoms with E-state index in [0.717, 1.165) is 74.9 Å². The first-order valence-corrected chi connectivity index (χ1v) is 14.6. The molecule has 2 heterocycles. The predicted molar refractivity (Wildman–Crippen MR) is 155 cm³/mol. The van der Waals surface area contributed by atoms with Gasteiger partial charge in [0.2, 0.25) is 0 Å². The van der Waals surface area contributed by atoms with Crippen molar-refractivity contribution in [3.8, 4) is 0 Å². The number of likely N-dealkylation sites (tertiary alicyclic amines) is 1. The average Bonchev–Trinajstić information content (AvgIpc) is 2.93. The number of amides is 1. The number of pyridine rings is 1. The number of nitrogens with one attached hydrogen (secondary N) is 2. The zero-order valence-electron chi connectivity index (χ0n) is 22.5. The zero-order chi connectivity index (χ0) is 28.4. The lowest BCUT2D eigenvalue weighted by atomic mass is 9.56. The third-order valence-electron chi connectivity index (χ3n) is 8.52. The van der Waals surface area contributed by atoms with Crippen LogP contribution in [0.15, 0.2) is 47.9 Å². The van der Waals surface area contributed by atoms with Crippen LogP contribution < -0.4 is 10.6 Å². The monoisotopic (exact) mass is 584 g/mol. The summed E-state index contributed by atoms with van der Waals surface area (Å²) in [7, 11) is 2.08. The second-order valence-corrected chi connectivity index (χ2v) is 12.0. The Morgan fingerprint density at radius 1 is 1.10 bits per heavy atom. The summed E-state index contributed by atoms with van der Waals surface area (Å²) in [6.45, 7) is 1.84. The number of carbonyl (C=O) groups excluding carboxylic acids is 2. The lowest BCUT2D eigenvalue weighted by Gasteiger charge is -2.50. The quantitative estimate of drug-likeness (QED) is 0.383. The fraction of sp³-hybridized carbons (Fsp3) is 0.467. The molecule has 1 aromatic heterocycles. The number of allylic oxidation sites excluding steroid dienone is 1. The molecule has 2 aliphatic carbocycles.